The van der Waals surface area contributed by atoms with Crippen LogP contribution in [0.2, 0.25) is 0 Å². The van der Waals surface area contributed by atoms with Gasteiger partial charge in [0.1, 0.15) is 0 Å². The second-order valence-electron chi connectivity index (χ2n) is 1.72. The van der Waals surface area contributed by atoms with Gasteiger partial charge >= 0.3 is 54.2 Å². The molecule has 0 spiro atoms. The van der Waals surface area contributed by atoms with Crippen LogP contribution in [-0.4, -0.2) is 18.6 Å². The zero-order chi connectivity index (χ0) is 6.32. The van der Waals surface area contributed by atoms with Crippen LogP contribution in [0.5, 0.6) is 0 Å². The Labute approximate surface area is 54.8 Å². The van der Waals surface area contributed by atoms with E-state index in [-0.39, 0.29) is 0 Å². The first-order chi connectivity index (χ1) is 4.31. The number of hydrogen-bond donors (Lipinski definition) is 0. The van der Waals surface area contributed by atoms with Gasteiger partial charge in [-0.15, -0.1) is 0 Å². The fourth-order valence-electron chi connectivity index (χ4n) is 0.737. The van der Waals surface area contributed by atoms with E-state index in [1.165, 1.54) is 12.5 Å². The van der Waals surface area contributed by atoms with Crippen LogP contribution in [0.3, 0.4) is 0 Å². The average molecular weight is 190 g/mol. The molecule has 0 unspecified atom stereocenters. The Morgan fingerprint density at radius 1 is 1.22 bits per heavy atom. The second kappa shape index (κ2) is 1.48. The Kier molecular flexibility index (Phi) is 0.861. The van der Waals surface area contributed by atoms with Gasteiger partial charge in [-0.3, -0.25) is 0 Å². The summed E-state index contributed by atoms with van der Waals surface area (Å²) in [6, 6.07) is 0. The van der Waals surface area contributed by atoms with Gasteiger partial charge in [0.05, 0.1) is 0 Å². The molecule has 2 aliphatic rings. The molecular weight excluding hydrogens is 186 g/mol. The minimum atomic E-state index is -3.68. The topological polar surface area (TPSA) is 18.5 Å². The van der Waals surface area contributed by atoms with Crippen molar-refractivity contribution in [3.8, 4) is 0 Å². The van der Waals surface area contributed by atoms with E-state index in [2.05, 4.69) is 7.45 Å². The van der Waals surface area contributed by atoms with E-state index in [0.717, 1.165) is 0 Å². The third-order valence-electron chi connectivity index (χ3n) is 1.18. The van der Waals surface area contributed by atoms with Crippen LogP contribution in [0.15, 0.2) is 24.7 Å². The summed E-state index contributed by atoms with van der Waals surface area (Å²) in [5.74, 6) is 0. The van der Waals surface area contributed by atoms with Crippen LogP contribution in [0.1, 0.15) is 0 Å². The van der Waals surface area contributed by atoms with Gasteiger partial charge in [0, 0.05) is 0 Å². The molecule has 4 heteroatoms. The van der Waals surface area contributed by atoms with Crippen LogP contribution in [0.4, 0.5) is 3.47 Å². The Hall–Kier alpha value is -0.562. The summed E-state index contributed by atoms with van der Waals surface area (Å²) < 4.78 is 23.0. The zero-order valence-corrected chi connectivity index (χ0v) is 6.33. The summed E-state index contributed by atoms with van der Waals surface area (Å²) in [5.41, 5.74) is 0. The fraction of sp³-hybridized carbons (Fsp3) is 0. The fourth-order valence-corrected chi connectivity index (χ4v) is 3.27. The Balaban J connectivity index is 2.54. The summed E-state index contributed by atoms with van der Waals surface area (Å²) in [5, 5.41) is 0. The number of halogens is 1. The van der Waals surface area contributed by atoms with Gasteiger partial charge in [-0.1, -0.05) is 0 Å². The summed E-state index contributed by atoms with van der Waals surface area (Å²) in [6.07, 6.45) is 5.92. The van der Waals surface area contributed by atoms with E-state index in [0.29, 0.717) is 4.30 Å². The van der Waals surface area contributed by atoms with Crippen molar-refractivity contribution in [2.75, 3.05) is 0 Å². The third-order valence-corrected chi connectivity index (χ3v) is 4.75. The van der Waals surface area contributed by atoms with Crippen molar-refractivity contribution in [3.63, 3.8) is 0 Å². The van der Waals surface area contributed by atoms with Gasteiger partial charge in [-0.25, -0.2) is 0 Å². The molecule has 0 saturated heterocycles. The van der Waals surface area contributed by atoms with Crippen LogP contribution >= 0.6 is 0 Å². The normalized spacial score (nSPS) is 25.7. The summed E-state index contributed by atoms with van der Waals surface area (Å²) >= 11 is -3.68. The van der Waals surface area contributed by atoms with Gasteiger partial charge in [0.15, 0.2) is 0 Å². The SMILES string of the molecule is F[As]12=C(C=CO1)C=CO2. The third kappa shape index (κ3) is 0.582. The van der Waals surface area contributed by atoms with Crippen molar-refractivity contribution in [2.24, 2.45) is 0 Å². The second-order valence-corrected chi connectivity index (χ2v) is 5.70. The first-order valence-electron chi connectivity index (χ1n) is 2.47. The predicted molar refractivity (Wildman–Crippen MR) is 32.3 cm³/mol. The van der Waals surface area contributed by atoms with Crippen LogP contribution in [0.25, 0.3) is 0 Å². The van der Waals surface area contributed by atoms with Gasteiger partial charge in [-0.2, -0.15) is 0 Å². The maximum absolute atomic E-state index is 13.1. The molecular formula is C5H4AsFO2. The summed E-state index contributed by atoms with van der Waals surface area (Å²) in [4.78, 5) is 0. The maximum atomic E-state index is 13.1. The van der Waals surface area contributed by atoms with E-state index in [9.17, 15) is 3.47 Å². The summed E-state index contributed by atoms with van der Waals surface area (Å²) in [7, 11) is 0. The molecule has 2 rings (SSSR count). The molecule has 0 aromatic rings. The molecule has 2 nitrogen and oxygen atoms in total. The van der Waals surface area contributed by atoms with Crippen LogP contribution in [-0.2, 0) is 7.45 Å². The van der Waals surface area contributed by atoms with Crippen molar-refractivity contribution < 1.29 is 10.9 Å². The average Bonchev–Trinajstić information content (AvgIpc) is 2.22. The Morgan fingerprint density at radius 3 is 2.22 bits per heavy atom. The zero-order valence-electron chi connectivity index (χ0n) is 4.45. The molecule has 9 heavy (non-hydrogen) atoms. The molecule has 2 aliphatic heterocycles. The molecule has 0 aliphatic carbocycles. The molecule has 0 N–H and O–H groups in total. The molecule has 0 aromatic heterocycles. The van der Waals surface area contributed by atoms with Gasteiger partial charge in [0.2, 0.25) is 0 Å². The first-order valence-corrected chi connectivity index (χ1v) is 5.65. The van der Waals surface area contributed by atoms with E-state index in [4.69, 9.17) is 0 Å². The van der Waals surface area contributed by atoms with Gasteiger partial charge < -0.3 is 0 Å². The number of hydrogen-bond acceptors (Lipinski definition) is 2. The molecule has 0 fully saturated rings. The predicted octanol–water partition coefficient (Wildman–Crippen LogP) is 0.737. The molecule has 48 valence electrons. The van der Waals surface area contributed by atoms with Gasteiger partial charge in [0.25, 0.3) is 0 Å². The molecule has 2 heterocycles. The molecule has 0 amide bonds. The Morgan fingerprint density at radius 2 is 1.78 bits per heavy atom. The first kappa shape index (κ1) is 5.24. The standard InChI is InChI=1S/C5H4AsFO2/c7-6-5(1-3-8-6)2-4-9-6/h1-4H. The van der Waals surface area contributed by atoms with Crippen molar-refractivity contribution in [1.82, 2.24) is 0 Å². The van der Waals surface area contributed by atoms with Crippen molar-refractivity contribution in [3.05, 3.63) is 24.7 Å². The molecule has 0 radical (unpaired) electrons. The van der Waals surface area contributed by atoms with Crippen molar-refractivity contribution in [2.45, 2.75) is 0 Å². The van der Waals surface area contributed by atoms with Crippen molar-refractivity contribution in [1.29, 1.82) is 0 Å². The van der Waals surface area contributed by atoms with Crippen LogP contribution in [0, 0.1) is 0 Å². The number of rotatable bonds is 0. The van der Waals surface area contributed by atoms with E-state index < -0.39 is 14.3 Å². The molecule has 0 bridgehead atoms. The van der Waals surface area contributed by atoms with Crippen molar-refractivity contribution >= 4 is 18.6 Å². The van der Waals surface area contributed by atoms with E-state index >= 15 is 0 Å². The monoisotopic (exact) mass is 190 g/mol. The van der Waals surface area contributed by atoms with Crippen LogP contribution < -0.4 is 0 Å². The van der Waals surface area contributed by atoms with E-state index in [1.807, 2.05) is 0 Å². The molecule has 0 aromatic carbocycles. The minimum absolute atomic E-state index is 0.591. The summed E-state index contributed by atoms with van der Waals surface area (Å²) in [6.45, 7) is 0. The number of allylic oxidation sites excluding steroid dienone is 2. The quantitative estimate of drug-likeness (QED) is 0.524. The Bertz CT molecular complexity index is 232. The van der Waals surface area contributed by atoms with Gasteiger partial charge in [-0.05, 0) is 0 Å². The molecule has 0 saturated carbocycles. The molecule has 0 atom stereocenters. The van der Waals surface area contributed by atoms with E-state index in [1.54, 1.807) is 12.2 Å².